The molecule has 0 aliphatic rings. The van der Waals surface area contributed by atoms with Crippen molar-refractivity contribution in [2.24, 2.45) is 0 Å². The Hall–Kier alpha value is -2.74. The molecule has 0 fully saturated rings. The second-order valence-electron chi connectivity index (χ2n) is 6.48. The van der Waals surface area contributed by atoms with Gasteiger partial charge in [-0.05, 0) is 47.9 Å². The first-order valence-corrected chi connectivity index (χ1v) is 8.36. The van der Waals surface area contributed by atoms with E-state index in [1.54, 1.807) is 7.11 Å². The second kappa shape index (κ2) is 5.72. The van der Waals surface area contributed by atoms with E-state index in [0.29, 0.717) is 5.92 Å². The SMILES string of the molecule is COc1ccc2c(c1)c1ccccc1n2-c1ccc(C(C)C)cc1. The molecule has 4 rings (SSSR count). The number of benzene rings is 3. The van der Waals surface area contributed by atoms with Crippen LogP contribution in [0.1, 0.15) is 25.3 Å². The fraction of sp³-hybridized carbons (Fsp3) is 0.182. The van der Waals surface area contributed by atoms with Crippen LogP contribution in [0.5, 0.6) is 5.75 Å². The van der Waals surface area contributed by atoms with Gasteiger partial charge in [-0.2, -0.15) is 0 Å². The molecule has 0 bridgehead atoms. The van der Waals surface area contributed by atoms with E-state index in [1.165, 1.54) is 33.1 Å². The van der Waals surface area contributed by atoms with Crippen LogP contribution in [-0.4, -0.2) is 11.7 Å². The molecule has 0 unspecified atom stereocenters. The van der Waals surface area contributed by atoms with Crippen LogP contribution in [-0.2, 0) is 0 Å². The zero-order valence-corrected chi connectivity index (χ0v) is 14.3. The molecule has 0 amide bonds. The van der Waals surface area contributed by atoms with Gasteiger partial charge in [0.2, 0.25) is 0 Å². The second-order valence-corrected chi connectivity index (χ2v) is 6.48. The smallest absolute Gasteiger partial charge is 0.119 e. The van der Waals surface area contributed by atoms with Gasteiger partial charge < -0.3 is 9.30 Å². The first-order valence-electron chi connectivity index (χ1n) is 8.36. The summed E-state index contributed by atoms with van der Waals surface area (Å²) in [7, 11) is 1.71. The lowest BCUT2D eigenvalue weighted by Gasteiger charge is -2.10. The first-order chi connectivity index (χ1) is 11.7. The van der Waals surface area contributed by atoms with Gasteiger partial charge in [0, 0.05) is 16.5 Å². The molecule has 24 heavy (non-hydrogen) atoms. The third kappa shape index (κ3) is 2.26. The molecule has 2 heteroatoms. The number of methoxy groups -OCH3 is 1. The van der Waals surface area contributed by atoms with Crippen LogP contribution in [0.15, 0.2) is 66.7 Å². The van der Waals surface area contributed by atoms with E-state index in [9.17, 15) is 0 Å². The van der Waals surface area contributed by atoms with Crippen molar-refractivity contribution >= 4 is 21.8 Å². The molecular weight excluding hydrogens is 294 g/mol. The normalized spacial score (nSPS) is 11.5. The Morgan fingerprint density at radius 2 is 1.50 bits per heavy atom. The van der Waals surface area contributed by atoms with Crippen molar-refractivity contribution in [1.29, 1.82) is 0 Å². The molecule has 3 aromatic carbocycles. The molecule has 0 atom stereocenters. The van der Waals surface area contributed by atoms with Gasteiger partial charge >= 0.3 is 0 Å². The van der Waals surface area contributed by atoms with Gasteiger partial charge in [0.25, 0.3) is 0 Å². The summed E-state index contributed by atoms with van der Waals surface area (Å²) in [5, 5.41) is 2.47. The number of hydrogen-bond donors (Lipinski definition) is 0. The maximum Gasteiger partial charge on any atom is 0.119 e. The molecule has 0 N–H and O–H groups in total. The van der Waals surface area contributed by atoms with Crippen molar-refractivity contribution in [3.63, 3.8) is 0 Å². The standard InChI is InChI=1S/C22H21NO/c1-15(2)16-8-10-17(11-9-16)23-21-7-5-4-6-19(21)20-14-18(24-3)12-13-22(20)23/h4-15H,1-3H3. The molecule has 2 nitrogen and oxygen atoms in total. The predicted molar refractivity (Wildman–Crippen MR) is 101 cm³/mol. The largest absolute Gasteiger partial charge is 0.497 e. The van der Waals surface area contributed by atoms with E-state index in [4.69, 9.17) is 4.74 Å². The minimum absolute atomic E-state index is 0.543. The number of aromatic nitrogens is 1. The van der Waals surface area contributed by atoms with Crippen molar-refractivity contribution in [3.05, 3.63) is 72.3 Å². The van der Waals surface area contributed by atoms with E-state index >= 15 is 0 Å². The molecule has 4 aromatic rings. The summed E-state index contributed by atoms with van der Waals surface area (Å²) in [5.41, 5.74) is 4.98. The van der Waals surface area contributed by atoms with E-state index < -0.39 is 0 Å². The van der Waals surface area contributed by atoms with Crippen molar-refractivity contribution < 1.29 is 4.74 Å². The molecule has 0 radical (unpaired) electrons. The van der Waals surface area contributed by atoms with Crippen LogP contribution in [0.25, 0.3) is 27.5 Å². The van der Waals surface area contributed by atoms with Gasteiger partial charge in [-0.25, -0.2) is 0 Å². The van der Waals surface area contributed by atoms with Gasteiger partial charge in [0.15, 0.2) is 0 Å². The molecular formula is C22H21NO. The zero-order chi connectivity index (χ0) is 16.7. The number of para-hydroxylation sites is 1. The van der Waals surface area contributed by atoms with Crippen LogP contribution >= 0.6 is 0 Å². The summed E-state index contributed by atoms with van der Waals surface area (Å²) >= 11 is 0. The van der Waals surface area contributed by atoms with E-state index in [2.05, 4.69) is 79.1 Å². The Morgan fingerprint density at radius 3 is 2.21 bits per heavy atom. The zero-order valence-electron chi connectivity index (χ0n) is 14.3. The van der Waals surface area contributed by atoms with Crippen molar-refractivity contribution in [1.82, 2.24) is 4.57 Å². The number of rotatable bonds is 3. The maximum absolute atomic E-state index is 5.42. The fourth-order valence-corrected chi connectivity index (χ4v) is 3.37. The average Bonchev–Trinajstić information content (AvgIpc) is 2.95. The number of fused-ring (bicyclic) bond motifs is 3. The summed E-state index contributed by atoms with van der Waals surface area (Å²) < 4.78 is 7.75. The Kier molecular flexibility index (Phi) is 3.53. The lowest BCUT2D eigenvalue weighted by atomic mass is 10.0. The van der Waals surface area contributed by atoms with Crippen molar-refractivity contribution in [3.8, 4) is 11.4 Å². The lowest BCUT2D eigenvalue weighted by Crippen LogP contribution is -1.95. The molecule has 0 aliphatic heterocycles. The minimum Gasteiger partial charge on any atom is -0.497 e. The summed E-state index contributed by atoms with van der Waals surface area (Å²) in [6.45, 7) is 4.45. The van der Waals surface area contributed by atoms with Gasteiger partial charge in [-0.3, -0.25) is 0 Å². The highest BCUT2D eigenvalue weighted by Gasteiger charge is 2.12. The summed E-state index contributed by atoms with van der Waals surface area (Å²) in [5.74, 6) is 1.43. The van der Waals surface area contributed by atoms with Gasteiger partial charge in [0.05, 0.1) is 18.1 Å². The first kappa shape index (κ1) is 14.8. The maximum atomic E-state index is 5.42. The Morgan fingerprint density at radius 1 is 0.792 bits per heavy atom. The lowest BCUT2D eigenvalue weighted by molar-refractivity contribution is 0.415. The summed E-state index contributed by atoms with van der Waals surface area (Å²) in [6.07, 6.45) is 0. The predicted octanol–water partition coefficient (Wildman–Crippen LogP) is 5.92. The van der Waals surface area contributed by atoms with E-state index in [1.807, 2.05) is 6.07 Å². The van der Waals surface area contributed by atoms with Crippen molar-refractivity contribution in [2.75, 3.05) is 7.11 Å². The highest BCUT2D eigenvalue weighted by molar-refractivity contribution is 6.09. The van der Waals surface area contributed by atoms with Crippen LogP contribution in [0, 0.1) is 0 Å². The van der Waals surface area contributed by atoms with Gasteiger partial charge in [-0.15, -0.1) is 0 Å². The molecule has 0 spiro atoms. The average molecular weight is 315 g/mol. The highest BCUT2D eigenvalue weighted by Crippen LogP contribution is 2.34. The molecule has 120 valence electrons. The minimum atomic E-state index is 0.543. The number of ether oxygens (including phenoxy) is 1. The fourth-order valence-electron chi connectivity index (χ4n) is 3.37. The Bertz CT molecular complexity index is 1010. The molecule has 0 aliphatic carbocycles. The van der Waals surface area contributed by atoms with Gasteiger partial charge in [0.1, 0.15) is 5.75 Å². The Labute approximate surface area is 142 Å². The number of nitrogens with zero attached hydrogens (tertiary/aromatic N) is 1. The highest BCUT2D eigenvalue weighted by atomic mass is 16.5. The van der Waals surface area contributed by atoms with Crippen LogP contribution in [0.2, 0.25) is 0 Å². The topological polar surface area (TPSA) is 14.2 Å². The molecule has 0 saturated heterocycles. The quantitative estimate of drug-likeness (QED) is 0.458. The summed E-state index contributed by atoms with van der Waals surface area (Å²) in [4.78, 5) is 0. The van der Waals surface area contributed by atoms with Crippen LogP contribution < -0.4 is 4.74 Å². The summed E-state index contributed by atoms with van der Waals surface area (Å²) in [6, 6.07) is 23.7. The molecule has 1 heterocycles. The third-order valence-electron chi connectivity index (χ3n) is 4.70. The molecule has 0 saturated carbocycles. The van der Waals surface area contributed by atoms with Gasteiger partial charge in [-0.1, -0.05) is 44.2 Å². The third-order valence-corrected chi connectivity index (χ3v) is 4.70. The van der Waals surface area contributed by atoms with Crippen molar-refractivity contribution in [2.45, 2.75) is 19.8 Å². The van der Waals surface area contributed by atoms with E-state index in [-0.39, 0.29) is 0 Å². The monoisotopic (exact) mass is 315 g/mol. The van der Waals surface area contributed by atoms with Crippen LogP contribution in [0.3, 0.4) is 0 Å². The van der Waals surface area contributed by atoms with Crippen LogP contribution in [0.4, 0.5) is 0 Å². The van der Waals surface area contributed by atoms with E-state index in [0.717, 1.165) is 5.75 Å². The Balaban J connectivity index is 2.02. The molecule has 1 aromatic heterocycles. The number of hydrogen-bond acceptors (Lipinski definition) is 1.